The van der Waals surface area contributed by atoms with Crippen molar-refractivity contribution >= 4 is 0 Å². The molecule has 1 rings (SSSR count). The first kappa shape index (κ1) is 12.0. The smallest absolute Gasteiger partial charge is 0.137 e. The third kappa shape index (κ3) is 4.79. The van der Waals surface area contributed by atoms with E-state index >= 15 is 0 Å². The minimum atomic E-state index is 0.782. The van der Waals surface area contributed by atoms with Crippen LogP contribution in [0.25, 0.3) is 0 Å². The Bertz CT molecular complexity index is 259. The van der Waals surface area contributed by atoms with E-state index in [9.17, 15) is 0 Å². The van der Waals surface area contributed by atoms with E-state index in [1.54, 1.807) is 6.20 Å². The van der Waals surface area contributed by atoms with Crippen LogP contribution in [0.5, 0.6) is 5.75 Å². The van der Waals surface area contributed by atoms with Crippen LogP contribution < -0.4 is 10.1 Å². The second-order valence-corrected chi connectivity index (χ2v) is 3.47. The molecule has 0 aliphatic rings. The molecular formula is C12H20N2O. The van der Waals surface area contributed by atoms with E-state index in [1.807, 2.05) is 12.1 Å². The standard InChI is InChI=1S/C12H20N2O/c1-3-5-8-15-12-7-6-11(14-10-12)9-13-4-2/h6-7,10,13H,3-5,8-9H2,1-2H3. The van der Waals surface area contributed by atoms with Gasteiger partial charge in [-0.05, 0) is 25.1 Å². The Labute approximate surface area is 91.9 Å². The molecule has 1 heterocycles. The maximum absolute atomic E-state index is 5.52. The Balaban J connectivity index is 2.35. The van der Waals surface area contributed by atoms with Crippen LogP contribution in [0.3, 0.4) is 0 Å². The molecule has 0 radical (unpaired) electrons. The highest BCUT2D eigenvalue weighted by atomic mass is 16.5. The molecule has 3 nitrogen and oxygen atoms in total. The highest BCUT2D eigenvalue weighted by Crippen LogP contribution is 2.09. The molecule has 0 unspecified atom stereocenters. The third-order valence-corrected chi connectivity index (χ3v) is 2.12. The average Bonchev–Trinajstić information content (AvgIpc) is 2.28. The fourth-order valence-corrected chi connectivity index (χ4v) is 1.19. The minimum absolute atomic E-state index is 0.782. The molecule has 0 saturated carbocycles. The molecule has 0 bridgehead atoms. The highest BCUT2D eigenvalue weighted by Gasteiger charge is 1.96. The first-order valence-corrected chi connectivity index (χ1v) is 5.65. The predicted molar refractivity (Wildman–Crippen MR) is 62.0 cm³/mol. The van der Waals surface area contributed by atoms with E-state index in [-0.39, 0.29) is 0 Å². The van der Waals surface area contributed by atoms with E-state index in [0.717, 1.165) is 44.0 Å². The van der Waals surface area contributed by atoms with Gasteiger partial charge in [0.2, 0.25) is 0 Å². The predicted octanol–water partition coefficient (Wildman–Crippen LogP) is 2.37. The molecular weight excluding hydrogens is 188 g/mol. The number of hydrogen-bond donors (Lipinski definition) is 1. The molecule has 1 aromatic rings. The number of nitrogens with one attached hydrogen (secondary N) is 1. The number of hydrogen-bond acceptors (Lipinski definition) is 3. The minimum Gasteiger partial charge on any atom is -0.492 e. The summed E-state index contributed by atoms with van der Waals surface area (Å²) in [5, 5.41) is 3.23. The van der Waals surface area contributed by atoms with Gasteiger partial charge >= 0.3 is 0 Å². The van der Waals surface area contributed by atoms with Crippen molar-refractivity contribution in [3.05, 3.63) is 24.0 Å². The molecule has 84 valence electrons. The number of unbranched alkanes of at least 4 members (excludes halogenated alkanes) is 1. The largest absolute Gasteiger partial charge is 0.492 e. The maximum Gasteiger partial charge on any atom is 0.137 e. The van der Waals surface area contributed by atoms with Crippen molar-refractivity contribution in [1.82, 2.24) is 10.3 Å². The average molecular weight is 208 g/mol. The molecule has 0 amide bonds. The maximum atomic E-state index is 5.52. The first-order valence-electron chi connectivity index (χ1n) is 5.65. The van der Waals surface area contributed by atoms with Crippen LogP contribution in [0.4, 0.5) is 0 Å². The molecule has 1 N–H and O–H groups in total. The summed E-state index contributed by atoms with van der Waals surface area (Å²) in [5.74, 6) is 0.865. The van der Waals surface area contributed by atoms with E-state index < -0.39 is 0 Å². The van der Waals surface area contributed by atoms with Crippen LogP contribution in [0.15, 0.2) is 18.3 Å². The summed E-state index contributed by atoms with van der Waals surface area (Å²) in [6.07, 6.45) is 4.05. The molecule has 0 aliphatic heterocycles. The van der Waals surface area contributed by atoms with Gasteiger partial charge in [-0.2, -0.15) is 0 Å². The van der Waals surface area contributed by atoms with E-state index in [4.69, 9.17) is 4.74 Å². The molecule has 1 aromatic heterocycles. The van der Waals surface area contributed by atoms with Crippen molar-refractivity contribution in [2.75, 3.05) is 13.2 Å². The van der Waals surface area contributed by atoms with Crippen molar-refractivity contribution in [2.45, 2.75) is 33.2 Å². The Morgan fingerprint density at radius 2 is 2.20 bits per heavy atom. The summed E-state index contributed by atoms with van der Waals surface area (Å²) in [6, 6.07) is 3.99. The number of pyridine rings is 1. The summed E-state index contributed by atoms with van der Waals surface area (Å²) in [6.45, 7) is 6.82. The van der Waals surface area contributed by atoms with Gasteiger partial charge in [-0.3, -0.25) is 4.98 Å². The zero-order chi connectivity index (χ0) is 10.9. The molecule has 15 heavy (non-hydrogen) atoms. The molecule has 0 atom stereocenters. The van der Waals surface area contributed by atoms with Gasteiger partial charge in [0.1, 0.15) is 5.75 Å². The zero-order valence-corrected chi connectivity index (χ0v) is 9.62. The van der Waals surface area contributed by atoms with Crippen molar-refractivity contribution in [3.63, 3.8) is 0 Å². The molecule has 3 heteroatoms. The first-order chi connectivity index (χ1) is 7.36. The normalized spacial score (nSPS) is 10.3. The molecule has 0 spiro atoms. The van der Waals surface area contributed by atoms with Crippen LogP contribution in [-0.2, 0) is 6.54 Å². The molecule has 0 fully saturated rings. The van der Waals surface area contributed by atoms with Gasteiger partial charge in [-0.1, -0.05) is 20.3 Å². The summed E-state index contributed by atoms with van der Waals surface area (Å²) < 4.78 is 5.52. The summed E-state index contributed by atoms with van der Waals surface area (Å²) in [4.78, 5) is 4.31. The highest BCUT2D eigenvalue weighted by molar-refractivity contribution is 5.19. The number of aromatic nitrogens is 1. The fraction of sp³-hybridized carbons (Fsp3) is 0.583. The van der Waals surface area contributed by atoms with Crippen molar-refractivity contribution < 1.29 is 4.74 Å². The lowest BCUT2D eigenvalue weighted by atomic mass is 10.3. The van der Waals surface area contributed by atoms with Crippen molar-refractivity contribution in [3.8, 4) is 5.75 Å². The van der Waals surface area contributed by atoms with Crippen molar-refractivity contribution in [2.24, 2.45) is 0 Å². The Morgan fingerprint density at radius 1 is 1.33 bits per heavy atom. The zero-order valence-electron chi connectivity index (χ0n) is 9.62. The van der Waals surface area contributed by atoms with Crippen LogP contribution in [0, 0.1) is 0 Å². The lowest BCUT2D eigenvalue weighted by Gasteiger charge is -2.05. The fourth-order valence-electron chi connectivity index (χ4n) is 1.19. The van der Waals surface area contributed by atoms with Crippen molar-refractivity contribution in [1.29, 1.82) is 0 Å². The van der Waals surface area contributed by atoms with Crippen LogP contribution >= 0.6 is 0 Å². The number of rotatable bonds is 7. The van der Waals surface area contributed by atoms with Gasteiger partial charge < -0.3 is 10.1 Å². The van der Waals surface area contributed by atoms with E-state index in [2.05, 4.69) is 24.1 Å². The number of ether oxygens (including phenoxy) is 1. The van der Waals surface area contributed by atoms with Crippen LogP contribution in [-0.4, -0.2) is 18.1 Å². The second-order valence-electron chi connectivity index (χ2n) is 3.47. The SMILES string of the molecule is CCCCOc1ccc(CNCC)nc1. The van der Waals surface area contributed by atoms with Gasteiger partial charge in [-0.25, -0.2) is 0 Å². The van der Waals surface area contributed by atoms with Gasteiger partial charge in [0, 0.05) is 6.54 Å². The molecule has 0 aliphatic carbocycles. The third-order valence-electron chi connectivity index (χ3n) is 2.12. The van der Waals surface area contributed by atoms with Crippen LogP contribution in [0.1, 0.15) is 32.4 Å². The number of nitrogens with zero attached hydrogens (tertiary/aromatic N) is 1. The van der Waals surface area contributed by atoms with E-state index in [0.29, 0.717) is 0 Å². The Kier molecular flexibility index (Phi) is 5.78. The monoisotopic (exact) mass is 208 g/mol. The van der Waals surface area contributed by atoms with Gasteiger partial charge in [0.15, 0.2) is 0 Å². The van der Waals surface area contributed by atoms with Gasteiger partial charge in [0.05, 0.1) is 18.5 Å². The second kappa shape index (κ2) is 7.23. The lowest BCUT2D eigenvalue weighted by molar-refractivity contribution is 0.308. The summed E-state index contributed by atoms with van der Waals surface area (Å²) >= 11 is 0. The van der Waals surface area contributed by atoms with Gasteiger partial charge in [0.25, 0.3) is 0 Å². The molecule has 0 saturated heterocycles. The quantitative estimate of drug-likeness (QED) is 0.698. The van der Waals surface area contributed by atoms with Gasteiger partial charge in [-0.15, -0.1) is 0 Å². The summed E-state index contributed by atoms with van der Waals surface area (Å²) in [7, 11) is 0. The Hall–Kier alpha value is -1.09. The lowest BCUT2D eigenvalue weighted by Crippen LogP contribution is -2.12. The van der Waals surface area contributed by atoms with Crippen LogP contribution in [0.2, 0.25) is 0 Å². The Morgan fingerprint density at radius 3 is 2.80 bits per heavy atom. The topological polar surface area (TPSA) is 34.1 Å². The van der Waals surface area contributed by atoms with E-state index in [1.165, 1.54) is 0 Å². The molecule has 0 aromatic carbocycles. The summed E-state index contributed by atoms with van der Waals surface area (Å²) in [5.41, 5.74) is 1.06.